The van der Waals surface area contributed by atoms with Gasteiger partial charge in [0.2, 0.25) is 0 Å². The van der Waals surface area contributed by atoms with E-state index in [0.717, 1.165) is 17.8 Å². The highest BCUT2D eigenvalue weighted by Crippen LogP contribution is 2.19. The Balaban J connectivity index is 1.65. The molecule has 1 N–H and O–H groups in total. The molecule has 0 bridgehead atoms. The summed E-state index contributed by atoms with van der Waals surface area (Å²) in [6.45, 7) is 5.36. The van der Waals surface area contributed by atoms with Gasteiger partial charge in [-0.25, -0.2) is 9.37 Å². The van der Waals surface area contributed by atoms with E-state index in [2.05, 4.69) is 41.2 Å². The summed E-state index contributed by atoms with van der Waals surface area (Å²) >= 11 is 0. The second kappa shape index (κ2) is 9.13. The molecule has 0 spiro atoms. The Morgan fingerprint density at radius 3 is 2.32 bits per heavy atom. The fraction of sp³-hybridized carbons (Fsp3) is 0.217. The van der Waals surface area contributed by atoms with Crippen LogP contribution in [0.1, 0.15) is 35.5 Å². The molecule has 1 heterocycles. The van der Waals surface area contributed by atoms with Crippen molar-refractivity contribution in [2.45, 2.75) is 33.0 Å². The highest BCUT2D eigenvalue weighted by molar-refractivity contribution is 5.92. The summed E-state index contributed by atoms with van der Waals surface area (Å²) < 4.78 is 12.9. The van der Waals surface area contributed by atoms with Crippen LogP contribution in [0.25, 0.3) is 0 Å². The van der Waals surface area contributed by atoms with Crippen molar-refractivity contribution in [1.82, 2.24) is 10.3 Å². The van der Waals surface area contributed by atoms with Gasteiger partial charge in [-0.05, 0) is 49.2 Å². The molecule has 1 amide bonds. The van der Waals surface area contributed by atoms with Gasteiger partial charge in [-0.15, -0.1) is 0 Å². The van der Waals surface area contributed by atoms with Gasteiger partial charge in [-0.3, -0.25) is 4.79 Å². The molecular weight excluding hydrogens is 353 g/mol. The second-order valence-electron chi connectivity index (χ2n) is 6.92. The predicted octanol–water partition coefficient (Wildman–Crippen LogP) is 4.57. The number of pyridine rings is 1. The van der Waals surface area contributed by atoms with Crippen molar-refractivity contribution in [3.63, 3.8) is 0 Å². The van der Waals surface area contributed by atoms with Crippen LogP contribution in [-0.2, 0) is 13.1 Å². The minimum absolute atomic E-state index is 0.255. The number of nitrogens with one attached hydrogen (secondary N) is 1. The minimum atomic E-state index is -0.294. The SMILES string of the molecule is CC(C)N(Cc1ccccc1)c1ccc(C(=O)NCc2ccc(F)cc2)nc1. The first-order valence-corrected chi connectivity index (χ1v) is 9.32. The first-order chi connectivity index (χ1) is 13.5. The number of hydrogen-bond donors (Lipinski definition) is 1. The van der Waals surface area contributed by atoms with Crippen LogP contribution in [0.5, 0.6) is 0 Å². The molecule has 5 heteroatoms. The quantitative estimate of drug-likeness (QED) is 0.656. The molecule has 3 aromatic rings. The number of hydrogen-bond acceptors (Lipinski definition) is 3. The monoisotopic (exact) mass is 377 g/mol. The van der Waals surface area contributed by atoms with Crippen molar-refractivity contribution in [2.24, 2.45) is 0 Å². The Hall–Kier alpha value is -3.21. The lowest BCUT2D eigenvalue weighted by molar-refractivity contribution is 0.0946. The minimum Gasteiger partial charge on any atom is -0.364 e. The molecule has 0 fully saturated rings. The Labute approximate surface area is 165 Å². The molecular formula is C23H24FN3O. The van der Waals surface area contributed by atoms with Crippen LogP contribution >= 0.6 is 0 Å². The number of amides is 1. The van der Waals surface area contributed by atoms with E-state index in [-0.39, 0.29) is 11.7 Å². The summed E-state index contributed by atoms with van der Waals surface area (Å²) in [5, 5.41) is 2.81. The van der Waals surface area contributed by atoms with E-state index in [1.165, 1.54) is 17.7 Å². The fourth-order valence-electron chi connectivity index (χ4n) is 2.92. The van der Waals surface area contributed by atoms with Gasteiger partial charge in [0.25, 0.3) is 5.91 Å². The van der Waals surface area contributed by atoms with Crippen LogP contribution in [0.15, 0.2) is 72.9 Å². The Morgan fingerprint density at radius 2 is 1.71 bits per heavy atom. The van der Waals surface area contributed by atoms with Crippen LogP contribution in [-0.4, -0.2) is 16.9 Å². The van der Waals surface area contributed by atoms with E-state index in [9.17, 15) is 9.18 Å². The molecule has 144 valence electrons. The summed E-state index contributed by atoms with van der Waals surface area (Å²) in [6.07, 6.45) is 1.73. The van der Waals surface area contributed by atoms with E-state index in [0.29, 0.717) is 18.3 Å². The Bertz CT molecular complexity index is 893. The molecule has 0 radical (unpaired) electrons. The number of anilines is 1. The number of carbonyl (C=O) groups excluding carboxylic acids is 1. The van der Waals surface area contributed by atoms with Gasteiger partial charge >= 0.3 is 0 Å². The van der Waals surface area contributed by atoms with Gasteiger partial charge < -0.3 is 10.2 Å². The summed E-state index contributed by atoms with van der Waals surface area (Å²) in [7, 11) is 0. The van der Waals surface area contributed by atoms with Gasteiger partial charge in [-0.2, -0.15) is 0 Å². The maximum Gasteiger partial charge on any atom is 0.270 e. The van der Waals surface area contributed by atoms with Crippen molar-refractivity contribution < 1.29 is 9.18 Å². The number of carbonyl (C=O) groups is 1. The zero-order valence-corrected chi connectivity index (χ0v) is 16.1. The maximum absolute atomic E-state index is 12.9. The molecule has 0 aliphatic carbocycles. The lowest BCUT2D eigenvalue weighted by atomic mass is 10.1. The Kier molecular flexibility index (Phi) is 6.37. The topological polar surface area (TPSA) is 45.2 Å². The van der Waals surface area contributed by atoms with E-state index in [4.69, 9.17) is 0 Å². The van der Waals surface area contributed by atoms with Crippen molar-refractivity contribution in [3.05, 3.63) is 95.6 Å². The van der Waals surface area contributed by atoms with Crippen LogP contribution < -0.4 is 10.2 Å². The third kappa shape index (κ3) is 5.16. The average Bonchev–Trinajstić information content (AvgIpc) is 2.72. The molecule has 2 aromatic carbocycles. The molecule has 0 aliphatic rings. The first kappa shape index (κ1) is 19.5. The predicted molar refractivity (Wildman–Crippen MR) is 110 cm³/mol. The zero-order chi connectivity index (χ0) is 19.9. The molecule has 3 rings (SSSR count). The van der Waals surface area contributed by atoms with Gasteiger partial charge in [0.1, 0.15) is 11.5 Å². The standard InChI is InChI=1S/C23H24FN3O/c1-17(2)27(16-19-6-4-3-5-7-19)21-12-13-22(25-15-21)23(28)26-14-18-8-10-20(24)11-9-18/h3-13,15,17H,14,16H2,1-2H3,(H,26,28). The summed E-state index contributed by atoms with van der Waals surface area (Å²) in [6, 6.07) is 20.3. The largest absolute Gasteiger partial charge is 0.364 e. The summed E-state index contributed by atoms with van der Waals surface area (Å²) in [5.41, 5.74) is 3.38. The first-order valence-electron chi connectivity index (χ1n) is 9.32. The normalized spacial score (nSPS) is 10.7. The number of aromatic nitrogens is 1. The number of halogens is 1. The van der Waals surface area contributed by atoms with E-state index in [1.54, 1.807) is 24.4 Å². The number of nitrogens with zero attached hydrogens (tertiary/aromatic N) is 2. The van der Waals surface area contributed by atoms with Crippen molar-refractivity contribution in [3.8, 4) is 0 Å². The lowest BCUT2D eigenvalue weighted by Gasteiger charge is -2.29. The third-order valence-corrected chi connectivity index (χ3v) is 4.50. The number of benzene rings is 2. The van der Waals surface area contributed by atoms with Crippen LogP contribution in [0.2, 0.25) is 0 Å². The number of rotatable bonds is 7. The fourth-order valence-corrected chi connectivity index (χ4v) is 2.92. The molecule has 0 saturated carbocycles. The average molecular weight is 377 g/mol. The highest BCUT2D eigenvalue weighted by atomic mass is 19.1. The molecule has 0 atom stereocenters. The highest BCUT2D eigenvalue weighted by Gasteiger charge is 2.13. The lowest BCUT2D eigenvalue weighted by Crippen LogP contribution is -2.30. The molecule has 28 heavy (non-hydrogen) atoms. The van der Waals surface area contributed by atoms with E-state index in [1.807, 2.05) is 24.3 Å². The Morgan fingerprint density at radius 1 is 1.00 bits per heavy atom. The van der Waals surface area contributed by atoms with Crippen molar-refractivity contribution >= 4 is 11.6 Å². The molecule has 0 aliphatic heterocycles. The van der Waals surface area contributed by atoms with Gasteiger partial charge in [-0.1, -0.05) is 42.5 Å². The van der Waals surface area contributed by atoms with Crippen molar-refractivity contribution in [2.75, 3.05) is 4.90 Å². The molecule has 0 unspecified atom stereocenters. The van der Waals surface area contributed by atoms with Crippen LogP contribution in [0, 0.1) is 5.82 Å². The smallest absolute Gasteiger partial charge is 0.270 e. The van der Waals surface area contributed by atoms with Crippen molar-refractivity contribution in [1.29, 1.82) is 0 Å². The second-order valence-corrected chi connectivity index (χ2v) is 6.92. The third-order valence-electron chi connectivity index (χ3n) is 4.50. The van der Waals surface area contributed by atoms with Gasteiger partial charge in [0.05, 0.1) is 11.9 Å². The molecule has 4 nitrogen and oxygen atoms in total. The van der Waals surface area contributed by atoms with E-state index >= 15 is 0 Å². The van der Waals surface area contributed by atoms with Gasteiger partial charge in [0.15, 0.2) is 0 Å². The maximum atomic E-state index is 12.9. The van der Waals surface area contributed by atoms with Crippen LogP contribution in [0.3, 0.4) is 0 Å². The molecule has 0 saturated heterocycles. The summed E-state index contributed by atoms with van der Waals surface area (Å²) in [4.78, 5) is 18.9. The molecule has 1 aromatic heterocycles. The van der Waals surface area contributed by atoms with Crippen LogP contribution in [0.4, 0.5) is 10.1 Å². The van der Waals surface area contributed by atoms with E-state index < -0.39 is 0 Å². The summed E-state index contributed by atoms with van der Waals surface area (Å²) in [5.74, 6) is -0.549. The zero-order valence-electron chi connectivity index (χ0n) is 16.1. The van der Waals surface area contributed by atoms with Gasteiger partial charge in [0, 0.05) is 19.1 Å².